The van der Waals surface area contributed by atoms with Gasteiger partial charge in [-0.1, -0.05) is 0 Å². The van der Waals surface area contributed by atoms with Crippen LogP contribution >= 0.6 is 0 Å². The lowest BCUT2D eigenvalue weighted by Crippen LogP contribution is -2.48. The highest BCUT2D eigenvalue weighted by atomic mass is 19.4. The average Bonchev–Trinajstić information content (AvgIpc) is 2.61. The van der Waals surface area contributed by atoms with Crippen molar-refractivity contribution in [3.8, 4) is 0 Å². The normalized spacial score (nSPS) is 21.7. The van der Waals surface area contributed by atoms with E-state index < -0.39 is 11.9 Å². The average molecular weight is 385 g/mol. The van der Waals surface area contributed by atoms with E-state index in [0.717, 1.165) is 6.07 Å². The molecule has 0 aliphatic carbocycles. The first-order chi connectivity index (χ1) is 12.7. The number of nitrogens with zero attached hydrogens (tertiary/aromatic N) is 3. The fraction of sp³-hybridized carbons (Fsp3) is 0.647. The number of nitrogens with one attached hydrogen (secondary N) is 2. The number of amides is 2. The summed E-state index contributed by atoms with van der Waals surface area (Å²) in [6.45, 7) is 2.92. The van der Waals surface area contributed by atoms with Crippen LogP contribution < -0.4 is 15.5 Å². The zero-order valence-corrected chi connectivity index (χ0v) is 15.0. The quantitative estimate of drug-likeness (QED) is 0.822. The van der Waals surface area contributed by atoms with Crippen LogP contribution in [0.15, 0.2) is 6.07 Å². The first-order valence-electron chi connectivity index (χ1n) is 8.97. The van der Waals surface area contributed by atoms with Gasteiger partial charge in [0.05, 0.1) is 0 Å². The van der Waals surface area contributed by atoms with Crippen molar-refractivity contribution in [1.82, 2.24) is 20.6 Å². The van der Waals surface area contributed by atoms with E-state index in [-0.39, 0.29) is 41.8 Å². The van der Waals surface area contributed by atoms with Crippen LogP contribution in [0, 0.1) is 12.8 Å². The summed E-state index contributed by atoms with van der Waals surface area (Å²) in [5, 5.41) is 5.67. The van der Waals surface area contributed by atoms with Crippen LogP contribution in [0.1, 0.15) is 37.2 Å². The summed E-state index contributed by atoms with van der Waals surface area (Å²) in [7, 11) is 0. The van der Waals surface area contributed by atoms with Crippen LogP contribution in [0.5, 0.6) is 0 Å². The van der Waals surface area contributed by atoms with Crippen molar-refractivity contribution in [3.63, 3.8) is 0 Å². The van der Waals surface area contributed by atoms with Gasteiger partial charge in [0.25, 0.3) is 0 Å². The van der Waals surface area contributed by atoms with E-state index in [2.05, 4.69) is 20.6 Å². The fourth-order valence-electron chi connectivity index (χ4n) is 3.44. The molecule has 0 saturated carbocycles. The molecule has 3 rings (SSSR count). The lowest BCUT2D eigenvalue weighted by atomic mass is 9.95. The maximum Gasteiger partial charge on any atom is 0.433 e. The highest BCUT2D eigenvalue weighted by Gasteiger charge is 2.34. The summed E-state index contributed by atoms with van der Waals surface area (Å²) < 4.78 is 38.8. The minimum atomic E-state index is -4.51. The van der Waals surface area contributed by atoms with Gasteiger partial charge < -0.3 is 15.5 Å². The monoisotopic (exact) mass is 385 g/mol. The molecule has 3 heterocycles. The van der Waals surface area contributed by atoms with Crippen molar-refractivity contribution < 1.29 is 22.8 Å². The van der Waals surface area contributed by atoms with Gasteiger partial charge in [0.2, 0.25) is 11.8 Å². The molecule has 0 bridgehead atoms. The molecule has 1 aromatic heterocycles. The van der Waals surface area contributed by atoms with Crippen LogP contribution in [0.25, 0.3) is 0 Å². The Balaban J connectivity index is 1.57. The van der Waals surface area contributed by atoms with Crippen LogP contribution in [0.4, 0.5) is 19.0 Å². The number of halogens is 3. The highest BCUT2D eigenvalue weighted by Crippen LogP contribution is 2.30. The maximum absolute atomic E-state index is 12.9. The third-order valence-electron chi connectivity index (χ3n) is 4.90. The molecule has 2 fully saturated rings. The van der Waals surface area contributed by atoms with E-state index in [0.29, 0.717) is 38.9 Å². The molecule has 2 saturated heterocycles. The Hall–Kier alpha value is -2.39. The Labute approximate surface area is 154 Å². The molecule has 27 heavy (non-hydrogen) atoms. The number of piperidine rings is 2. The number of carbonyl (C=O) groups is 2. The Bertz CT molecular complexity index is 717. The van der Waals surface area contributed by atoms with Crippen LogP contribution in [-0.2, 0) is 15.8 Å². The van der Waals surface area contributed by atoms with E-state index in [4.69, 9.17) is 0 Å². The summed E-state index contributed by atoms with van der Waals surface area (Å²) >= 11 is 0. The lowest BCUT2D eigenvalue weighted by molar-refractivity contribution is -0.141. The topological polar surface area (TPSA) is 87.2 Å². The molecule has 0 radical (unpaired) electrons. The minimum Gasteiger partial charge on any atom is -0.356 e. The van der Waals surface area contributed by atoms with Gasteiger partial charge in [-0.2, -0.15) is 13.2 Å². The van der Waals surface area contributed by atoms with E-state index in [1.54, 1.807) is 4.90 Å². The van der Waals surface area contributed by atoms with Gasteiger partial charge in [0.1, 0.15) is 17.3 Å². The van der Waals surface area contributed by atoms with E-state index in [1.807, 2.05) is 0 Å². The molecule has 1 atom stereocenters. The summed E-state index contributed by atoms with van der Waals surface area (Å²) in [4.78, 5) is 33.1. The number of rotatable bonds is 3. The Morgan fingerprint density at radius 2 is 1.96 bits per heavy atom. The number of carbonyl (C=O) groups excluding carboxylic acids is 2. The number of hydrogen-bond acceptors (Lipinski definition) is 5. The van der Waals surface area contributed by atoms with E-state index >= 15 is 0 Å². The molecule has 2 N–H and O–H groups in total. The van der Waals surface area contributed by atoms with Gasteiger partial charge in [0.15, 0.2) is 0 Å². The Morgan fingerprint density at radius 1 is 1.26 bits per heavy atom. The second-order valence-electron chi connectivity index (χ2n) is 6.97. The molecule has 2 amide bonds. The lowest BCUT2D eigenvalue weighted by Gasteiger charge is -2.34. The number of alkyl halides is 3. The van der Waals surface area contributed by atoms with Crippen LogP contribution in [0.2, 0.25) is 0 Å². The highest BCUT2D eigenvalue weighted by molar-refractivity contribution is 5.87. The molecule has 2 aliphatic heterocycles. The Kier molecular flexibility index (Phi) is 5.52. The second kappa shape index (κ2) is 7.69. The first-order valence-corrected chi connectivity index (χ1v) is 8.97. The van der Waals surface area contributed by atoms with Gasteiger partial charge in [0, 0.05) is 44.1 Å². The van der Waals surface area contributed by atoms with Gasteiger partial charge in [-0.15, -0.1) is 0 Å². The molecule has 0 spiro atoms. The zero-order chi connectivity index (χ0) is 19.6. The number of hydrogen-bond donors (Lipinski definition) is 2. The van der Waals surface area contributed by atoms with Gasteiger partial charge in [-0.05, 0) is 26.2 Å². The van der Waals surface area contributed by atoms with Crippen LogP contribution in [0.3, 0.4) is 0 Å². The molecule has 1 aromatic rings. The fourth-order valence-corrected chi connectivity index (χ4v) is 3.44. The predicted molar refractivity (Wildman–Crippen MR) is 90.9 cm³/mol. The summed E-state index contributed by atoms with van der Waals surface area (Å²) in [6.07, 6.45) is -2.48. The van der Waals surface area contributed by atoms with Crippen molar-refractivity contribution in [2.24, 2.45) is 5.92 Å². The van der Waals surface area contributed by atoms with E-state index in [1.165, 1.54) is 6.92 Å². The first kappa shape index (κ1) is 19.4. The van der Waals surface area contributed by atoms with Crippen molar-refractivity contribution in [3.05, 3.63) is 17.6 Å². The smallest absolute Gasteiger partial charge is 0.356 e. The third kappa shape index (κ3) is 4.86. The predicted octanol–water partition coefficient (Wildman–Crippen LogP) is 1.42. The van der Waals surface area contributed by atoms with E-state index in [9.17, 15) is 22.8 Å². The third-order valence-corrected chi connectivity index (χ3v) is 4.90. The molecule has 0 aromatic carbocycles. The van der Waals surface area contributed by atoms with Crippen molar-refractivity contribution in [2.75, 3.05) is 24.5 Å². The molecule has 7 nitrogen and oxygen atoms in total. The van der Waals surface area contributed by atoms with Gasteiger partial charge in [-0.25, -0.2) is 9.97 Å². The SMILES string of the molecule is Cc1nc(N2CCC(NC(=O)[C@H]3CCNC(=O)C3)CC2)cc(C(F)(F)F)n1. The number of aryl methyl sites for hydroxylation is 1. The largest absolute Gasteiger partial charge is 0.433 e. The number of aromatic nitrogens is 2. The summed E-state index contributed by atoms with van der Waals surface area (Å²) in [6, 6.07) is 0.913. The summed E-state index contributed by atoms with van der Waals surface area (Å²) in [5.41, 5.74) is -0.948. The Morgan fingerprint density at radius 3 is 2.59 bits per heavy atom. The van der Waals surface area contributed by atoms with Crippen molar-refractivity contribution in [1.29, 1.82) is 0 Å². The number of anilines is 1. The van der Waals surface area contributed by atoms with Gasteiger partial charge in [-0.3, -0.25) is 9.59 Å². The van der Waals surface area contributed by atoms with Gasteiger partial charge >= 0.3 is 6.18 Å². The van der Waals surface area contributed by atoms with Crippen molar-refractivity contribution in [2.45, 2.75) is 44.8 Å². The molecular weight excluding hydrogens is 363 g/mol. The maximum atomic E-state index is 12.9. The minimum absolute atomic E-state index is 0.0521. The standard InChI is InChI=1S/C17H22F3N5O2/c1-10-22-13(17(18,19)20)9-14(23-10)25-6-3-12(4-7-25)24-16(27)11-2-5-21-15(26)8-11/h9,11-12H,2-8H2,1H3,(H,21,26)(H,24,27)/t11-/m0/s1. The molecule has 10 heteroatoms. The molecule has 0 unspecified atom stereocenters. The molecular formula is C17H22F3N5O2. The second-order valence-corrected chi connectivity index (χ2v) is 6.97. The summed E-state index contributed by atoms with van der Waals surface area (Å²) in [5.74, 6) is -0.221. The molecule has 2 aliphatic rings. The zero-order valence-electron chi connectivity index (χ0n) is 15.0. The van der Waals surface area contributed by atoms with Crippen molar-refractivity contribution >= 4 is 17.6 Å². The molecule has 148 valence electrons. The van der Waals surface area contributed by atoms with Crippen LogP contribution in [-0.4, -0.2) is 47.5 Å².